The van der Waals surface area contributed by atoms with E-state index in [0.29, 0.717) is 0 Å². The summed E-state index contributed by atoms with van der Waals surface area (Å²) in [4.78, 5) is 0. The van der Waals surface area contributed by atoms with Gasteiger partial charge in [0.05, 0.1) is 5.60 Å². The van der Waals surface area contributed by atoms with Crippen LogP contribution in [-0.4, -0.2) is 23.8 Å². The SMILES string of the molecule is CC1CCC(CNCC2(O)CCC2)CC1. The molecule has 0 aromatic rings. The van der Waals surface area contributed by atoms with Crippen LogP contribution in [0.25, 0.3) is 0 Å². The summed E-state index contributed by atoms with van der Waals surface area (Å²) < 4.78 is 0. The monoisotopic (exact) mass is 211 g/mol. The zero-order valence-corrected chi connectivity index (χ0v) is 9.97. The quantitative estimate of drug-likeness (QED) is 0.748. The molecule has 0 amide bonds. The molecule has 15 heavy (non-hydrogen) atoms. The van der Waals surface area contributed by atoms with Gasteiger partial charge in [0.2, 0.25) is 0 Å². The zero-order chi connectivity index (χ0) is 10.7. The largest absolute Gasteiger partial charge is 0.389 e. The lowest BCUT2D eigenvalue weighted by Crippen LogP contribution is -2.47. The molecule has 0 bridgehead atoms. The third-order valence-corrected chi connectivity index (χ3v) is 4.31. The van der Waals surface area contributed by atoms with Crippen molar-refractivity contribution in [1.29, 1.82) is 0 Å². The van der Waals surface area contributed by atoms with Crippen LogP contribution < -0.4 is 5.32 Å². The molecule has 0 atom stereocenters. The van der Waals surface area contributed by atoms with E-state index in [9.17, 15) is 5.11 Å². The van der Waals surface area contributed by atoms with E-state index in [0.717, 1.165) is 37.8 Å². The average Bonchev–Trinajstić information content (AvgIpc) is 2.19. The maximum Gasteiger partial charge on any atom is 0.0771 e. The van der Waals surface area contributed by atoms with Crippen molar-refractivity contribution in [2.45, 2.75) is 57.5 Å². The van der Waals surface area contributed by atoms with Crippen LogP contribution in [0.15, 0.2) is 0 Å². The van der Waals surface area contributed by atoms with Gasteiger partial charge in [-0.25, -0.2) is 0 Å². The number of nitrogens with one attached hydrogen (secondary N) is 1. The van der Waals surface area contributed by atoms with Gasteiger partial charge in [-0.05, 0) is 50.5 Å². The predicted octanol–water partition coefficient (Wildman–Crippen LogP) is 2.32. The third-order valence-electron chi connectivity index (χ3n) is 4.31. The van der Waals surface area contributed by atoms with Crippen molar-refractivity contribution < 1.29 is 5.11 Å². The molecule has 0 aliphatic heterocycles. The molecular formula is C13H25NO. The molecule has 0 unspecified atom stereocenters. The van der Waals surface area contributed by atoms with Crippen molar-refractivity contribution in [2.24, 2.45) is 11.8 Å². The van der Waals surface area contributed by atoms with Gasteiger partial charge in [-0.15, -0.1) is 0 Å². The highest BCUT2D eigenvalue weighted by Crippen LogP contribution is 2.31. The van der Waals surface area contributed by atoms with Crippen LogP contribution in [0.1, 0.15) is 51.9 Å². The normalized spacial score (nSPS) is 34.8. The molecular weight excluding hydrogens is 186 g/mol. The van der Waals surface area contributed by atoms with Crippen LogP contribution in [0.4, 0.5) is 0 Å². The second-order valence-corrected chi connectivity index (χ2v) is 5.83. The Balaban J connectivity index is 1.57. The van der Waals surface area contributed by atoms with Crippen molar-refractivity contribution in [2.75, 3.05) is 13.1 Å². The first-order chi connectivity index (χ1) is 7.18. The molecule has 2 saturated carbocycles. The number of hydrogen-bond acceptors (Lipinski definition) is 2. The van der Waals surface area contributed by atoms with Gasteiger partial charge >= 0.3 is 0 Å². The Morgan fingerprint density at radius 2 is 1.87 bits per heavy atom. The van der Waals surface area contributed by atoms with Crippen molar-refractivity contribution in [3.05, 3.63) is 0 Å². The molecule has 2 aliphatic carbocycles. The lowest BCUT2D eigenvalue weighted by molar-refractivity contribution is -0.0319. The molecule has 0 heterocycles. The molecule has 88 valence electrons. The zero-order valence-electron chi connectivity index (χ0n) is 9.97. The van der Waals surface area contributed by atoms with Crippen LogP contribution in [0.3, 0.4) is 0 Å². The highest BCUT2D eigenvalue weighted by Gasteiger charge is 2.33. The van der Waals surface area contributed by atoms with Crippen molar-refractivity contribution in [1.82, 2.24) is 5.32 Å². The van der Waals surface area contributed by atoms with Crippen molar-refractivity contribution in [3.8, 4) is 0 Å². The van der Waals surface area contributed by atoms with Crippen LogP contribution in [-0.2, 0) is 0 Å². The van der Waals surface area contributed by atoms with E-state index in [-0.39, 0.29) is 5.60 Å². The Labute approximate surface area is 93.5 Å². The fourth-order valence-corrected chi connectivity index (χ4v) is 2.80. The molecule has 2 nitrogen and oxygen atoms in total. The summed E-state index contributed by atoms with van der Waals surface area (Å²) in [6, 6.07) is 0. The van der Waals surface area contributed by atoms with Crippen molar-refractivity contribution in [3.63, 3.8) is 0 Å². The second-order valence-electron chi connectivity index (χ2n) is 5.83. The van der Waals surface area contributed by atoms with Gasteiger partial charge in [0, 0.05) is 6.54 Å². The minimum absolute atomic E-state index is 0.345. The molecule has 0 spiro atoms. The van der Waals surface area contributed by atoms with E-state index in [2.05, 4.69) is 12.2 Å². The van der Waals surface area contributed by atoms with Gasteiger partial charge in [-0.2, -0.15) is 0 Å². The molecule has 0 aromatic carbocycles. The summed E-state index contributed by atoms with van der Waals surface area (Å²) in [5.41, 5.74) is -0.345. The van der Waals surface area contributed by atoms with E-state index in [1.807, 2.05) is 0 Å². The summed E-state index contributed by atoms with van der Waals surface area (Å²) in [7, 11) is 0. The van der Waals surface area contributed by atoms with Gasteiger partial charge in [-0.1, -0.05) is 19.8 Å². The maximum absolute atomic E-state index is 9.92. The summed E-state index contributed by atoms with van der Waals surface area (Å²) in [5.74, 6) is 1.81. The molecule has 2 rings (SSSR count). The summed E-state index contributed by atoms with van der Waals surface area (Å²) in [6.45, 7) is 4.30. The molecule has 0 saturated heterocycles. The fourth-order valence-electron chi connectivity index (χ4n) is 2.80. The summed E-state index contributed by atoms with van der Waals surface area (Å²) >= 11 is 0. The van der Waals surface area contributed by atoms with E-state index in [1.165, 1.54) is 32.1 Å². The van der Waals surface area contributed by atoms with Gasteiger partial charge < -0.3 is 10.4 Å². The van der Waals surface area contributed by atoms with E-state index >= 15 is 0 Å². The standard InChI is InChI=1S/C13H25NO/c1-11-3-5-12(6-4-11)9-14-10-13(15)7-2-8-13/h11-12,14-15H,2-10H2,1H3. The Bertz CT molecular complexity index is 193. The van der Waals surface area contributed by atoms with Crippen LogP contribution in [0, 0.1) is 11.8 Å². The van der Waals surface area contributed by atoms with E-state index in [1.54, 1.807) is 0 Å². The summed E-state index contributed by atoms with van der Waals surface area (Å²) in [5, 5.41) is 13.4. The topological polar surface area (TPSA) is 32.3 Å². The molecule has 2 fully saturated rings. The molecule has 2 heteroatoms. The van der Waals surface area contributed by atoms with Gasteiger partial charge in [0.25, 0.3) is 0 Å². The van der Waals surface area contributed by atoms with Crippen LogP contribution >= 0.6 is 0 Å². The molecule has 2 N–H and O–H groups in total. The van der Waals surface area contributed by atoms with E-state index in [4.69, 9.17) is 0 Å². The Morgan fingerprint density at radius 1 is 1.20 bits per heavy atom. The Kier molecular flexibility index (Phi) is 3.68. The molecule has 0 radical (unpaired) electrons. The smallest absolute Gasteiger partial charge is 0.0771 e. The fraction of sp³-hybridized carbons (Fsp3) is 1.00. The lowest BCUT2D eigenvalue weighted by Gasteiger charge is -2.37. The van der Waals surface area contributed by atoms with E-state index < -0.39 is 0 Å². The van der Waals surface area contributed by atoms with Crippen LogP contribution in [0.5, 0.6) is 0 Å². The first kappa shape index (κ1) is 11.4. The number of aliphatic hydroxyl groups is 1. The first-order valence-electron chi connectivity index (χ1n) is 6.61. The predicted molar refractivity (Wildman–Crippen MR) is 62.8 cm³/mol. The first-order valence-corrected chi connectivity index (χ1v) is 6.61. The number of hydrogen-bond donors (Lipinski definition) is 2. The highest BCUT2D eigenvalue weighted by molar-refractivity contribution is 4.89. The molecule has 2 aliphatic rings. The van der Waals surface area contributed by atoms with Gasteiger partial charge in [0.15, 0.2) is 0 Å². The highest BCUT2D eigenvalue weighted by atomic mass is 16.3. The minimum Gasteiger partial charge on any atom is -0.389 e. The Hall–Kier alpha value is -0.0800. The maximum atomic E-state index is 9.92. The van der Waals surface area contributed by atoms with Crippen molar-refractivity contribution >= 4 is 0 Å². The van der Waals surface area contributed by atoms with Gasteiger partial charge in [0.1, 0.15) is 0 Å². The van der Waals surface area contributed by atoms with Gasteiger partial charge in [-0.3, -0.25) is 0 Å². The molecule has 0 aromatic heterocycles. The van der Waals surface area contributed by atoms with Crippen LogP contribution in [0.2, 0.25) is 0 Å². The lowest BCUT2D eigenvalue weighted by atomic mass is 9.79. The Morgan fingerprint density at radius 3 is 2.40 bits per heavy atom. The second kappa shape index (κ2) is 4.84. The average molecular weight is 211 g/mol. The number of rotatable bonds is 4. The third kappa shape index (κ3) is 3.18. The minimum atomic E-state index is -0.345. The summed E-state index contributed by atoms with van der Waals surface area (Å²) in [6.07, 6.45) is 8.77.